The Hall–Kier alpha value is -2.64. The lowest BCUT2D eigenvalue weighted by atomic mass is 9.99. The largest absolute Gasteiger partial charge is 0.481 e. The summed E-state index contributed by atoms with van der Waals surface area (Å²) in [6.45, 7) is 3.30. The normalized spacial score (nSPS) is 10.8. The molecule has 0 spiro atoms. The van der Waals surface area contributed by atoms with Crippen LogP contribution >= 0.6 is 0 Å². The first kappa shape index (κ1) is 18.4. The van der Waals surface area contributed by atoms with Crippen molar-refractivity contribution >= 4 is 23.7 Å². The molecule has 3 N–H and O–H groups in total. The van der Waals surface area contributed by atoms with Gasteiger partial charge in [-0.2, -0.15) is 0 Å². The average Bonchev–Trinajstić information content (AvgIpc) is 2.46. The number of carbonyl (C=O) groups is 3. The van der Waals surface area contributed by atoms with E-state index in [0.29, 0.717) is 0 Å². The topological polar surface area (TPSA) is 105 Å². The van der Waals surface area contributed by atoms with Crippen molar-refractivity contribution in [3.63, 3.8) is 0 Å². The quantitative estimate of drug-likeness (QED) is 0.696. The Morgan fingerprint density at radius 1 is 1.30 bits per heavy atom. The van der Waals surface area contributed by atoms with Crippen molar-refractivity contribution in [1.29, 1.82) is 0 Å². The fourth-order valence-electron chi connectivity index (χ4n) is 1.81. The number of hydrogen-bond acceptors (Lipinski definition) is 4. The highest BCUT2D eigenvalue weighted by molar-refractivity contribution is 5.94. The van der Waals surface area contributed by atoms with E-state index in [0.717, 1.165) is 12.1 Å². The van der Waals surface area contributed by atoms with Crippen LogP contribution in [0.4, 0.5) is 14.9 Å². The van der Waals surface area contributed by atoms with Crippen molar-refractivity contribution in [2.24, 2.45) is 0 Å². The highest BCUT2D eigenvalue weighted by Gasteiger charge is 2.22. The molecule has 2 amide bonds. The summed E-state index contributed by atoms with van der Waals surface area (Å²) < 4.78 is 18.2. The number of anilines is 1. The second-order valence-electron chi connectivity index (χ2n) is 5.54. The monoisotopic (exact) mass is 326 g/mol. The van der Waals surface area contributed by atoms with Crippen LogP contribution < -0.4 is 10.6 Å². The number of rotatable bonds is 6. The van der Waals surface area contributed by atoms with E-state index in [4.69, 9.17) is 5.11 Å². The maximum Gasteiger partial charge on any atom is 0.337 e. The van der Waals surface area contributed by atoms with Crippen LogP contribution in [0.25, 0.3) is 0 Å². The van der Waals surface area contributed by atoms with Gasteiger partial charge < -0.3 is 20.5 Å². The highest BCUT2D eigenvalue weighted by atomic mass is 19.1. The first-order chi connectivity index (χ1) is 10.6. The molecule has 0 unspecified atom stereocenters. The molecule has 0 atom stereocenters. The van der Waals surface area contributed by atoms with Crippen LogP contribution in [0.15, 0.2) is 18.2 Å². The molecule has 0 aromatic heterocycles. The van der Waals surface area contributed by atoms with Crippen molar-refractivity contribution in [3.05, 3.63) is 29.6 Å². The Labute approximate surface area is 132 Å². The minimum atomic E-state index is -0.975. The molecule has 23 heavy (non-hydrogen) atoms. The number of esters is 1. The predicted molar refractivity (Wildman–Crippen MR) is 80.8 cm³/mol. The Morgan fingerprint density at radius 3 is 2.52 bits per heavy atom. The molecule has 126 valence electrons. The zero-order chi connectivity index (χ0) is 17.6. The number of methoxy groups -OCH3 is 1. The Morgan fingerprint density at radius 2 is 1.96 bits per heavy atom. The third-order valence-corrected chi connectivity index (χ3v) is 3.05. The van der Waals surface area contributed by atoms with Gasteiger partial charge in [-0.05, 0) is 38.5 Å². The number of amides is 2. The number of benzene rings is 1. The lowest BCUT2D eigenvalue weighted by Gasteiger charge is -2.25. The van der Waals surface area contributed by atoms with Gasteiger partial charge in [-0.3, -0.25) is 4.79 Å². The first-order valence-corrected chi connectivity index (χ1v) is 6.83. The van der Waals surface area contributed by atoms with Gasteiger partial charge in [0.15, 0.2) is 0 Å². The summed E-state index contributed by atoms with van der Waals surface area (Å²) in [6, 6.07) is 2.73. The zero-order valence-corrected chi connectivity index (χ0v) is 13.1. The first-order valence-electron chi connectivity index (χ1n) is 6.83. The van der Waals surface area contributed by atoms with Gasteiger partial charge in [0.25, 0.3) is 0 Å². The summed E-state index contributed by atoms with van der Waals surface area (Å²) in [5, 5.41) is 13.5. The molecule has 0 aliphatic heterocycles. The second kappa shape index (κ2) is 7.57. The summed E-state index contributed by atoms with van der Waals surface area (Å²) in [7, 11) is 1.19. The van der Waals surface area contributed by atoms with E-state index >= 15 is 0 Å². The van der Waals surface area contributed by atoms with Crippen molar-refractivity contribution < 1.29 is 28.6 Å². The van der Waals surface area contributed by atoms with E-state index in [1.165, 1.54) is 13.2 Å². The van der Waals surface area contributed by atoms with Gasteiger partial charge in [0.2, 0.25) is 0 Å². The molecule has 0 aliphatic rings. The molecule has 0 fully saturated rings. The second-order valence-corrected chi connectivity index (χ2v) is 5.54. The van der Waals surface area contributed by atoms with Gasteiger partial charge in [-0.25, -0.2) is 14.0 Å². The summed E-state index contributed by atoms with van der Waals surface area (Å²) in [5.74, 6) is -2.34. The van der Waals surface area contributed by atoms with Gasteiger partial charge in [0.05, 0.1) is 18.4 Å². The van der Waals surface area contributed by atoms with Crippen LogP contribution in [0.1, 0.15) is 37.0 Å². The number of carboxylic acids is 1. The van der Waals surface area contributed by atoms with Crippen LogP contribution in [0, 0.1) is 5.82 Å². The lowest BCUT2D eigenvalue weighted by molar-refractivity contribution is -0.137. The molecule has 0 heterocycles. The Bertz CT molecular complexity index is 616. The Balaban J connectivity index is 2.77. The highest BCUT2D eigenvalue weighted by Crippen LogP contribution is 2.18. The number of ether oxygens (including phenoxy) is 1. The number of carbonyl (C=O) groups excluding carboxylic acids is 2. The SMILES string of the molecule is COC(=O)c1ccc(F)c(NC(=O)NC(C)(C)CCC(=O)O)c1. The summed E-state index contributed by atoms with van der Waals surface area (Å²) in [4.78, 5) is 33.9. The minimum absolute atomic E-state index is 0.0920. The van der Waals surface area contributed by atoms with E-state index in [1.807, 2.05) is 0 Å². The zero-order valence-electron chi connectivity index (χ0n) is 13.1. The number of carboxylic acid groups (broad SMARTS) is 1. The third-order valence-electron chi connectivity index (χ3n) is 3.05. The number of hydrogen-bond donors (Lipinski definition) is 3. The number of aliphatic carboxylic acids is 1. The van der Waals surface area contributed by atoms with Crippen LogP contribution in [0.5, 0.6) is 0 Å². The molecule has 0 saturated heterocycles. The molecular weight excluding hydrogens is 307 g/mol. The minimum Gasteiger partial charge on any atom is -0.481 e. The van der Waals surface area contributed by atoms with Crippen LogP contribution in [0.2, 0.25) is 0 Å². The van der Waals surface area contributed by atoms with E-state index in [1.54, 1.807) is 13.8 Å². The van der Waals surface area contributed by atoms with Crippen molar-refractivity contribution in [2.75, 3.05) is 12.4 Å². The maximum absolute atomic E-state index is 13.7. The van der Waals surface area contributed by atoms with E-state index < -0.39 is 29.3 Å². The fourth-order valence-corrected chi connectivity index (χ4v) is 1.81. The molecule has 1 rings (SSSR count). The summed E-state index contributed by atoms with van der Waals surface area (Å²) in [5.41, 5.74) is -0.882. The summed E-state index contributed by atoms with van der Waals surface area (Å²) >= 11 is 0. The molecular formula is C15H19FN2O5. The van der Waals surface area contributed by atoms with Crippen molar-refractivity contribution in [3.8, 4) is 0 Å². The van der Waals surface area contributed by atoms with Gasteiger partial charge in [0.1, 0.15) is 5.82 Å². The molecule has 1 aromatic carbocycles. The lowest BCUT2D eigenvalue weighted by Crippen LogP contribution is -2.45. The molecule has 7 nitrogen and oxygen atoms in total. The smallest absolute Gasteiger partial charge is 0.337 e. The molecule has 0 radical (unpaired) electrons. The van der Waals surface area contributed by atoms with Crippen molar-refractivity contribution in [1.82, 2.24) is 5.32 Å². The molecule has 0 saturated carbocycles. The average molecular weight is 326 g/mol. The van der Waals surface area contributed by atoms with Gasteiger partial charge in [-0.1, -0.05) is 0 Å². The van der Waals surface area contributed by atoms with E-state index in [9.17, 15) is 18.8 Å². The molecule has 0 aliphatic carbocycles. The van der Waals surface area contributed by atoms with Gasteiger partial charge >= 0.3 is 18.0 Å². The van der Waals surface area contributed by atoms with Crippen LogP contribution in [-0.4, -0.2) is 35.7 Å². The molecule has 0 bridgehead atoms. The van der Waals surface area contributed by atoms with Crippen LogP contribution in [-0.2, 0) is 9.53 Å². The standard InChI is InChI=1S/C15H19FN2O5/c1-15(2,7-6-12(19)20)18-14(22)17-11-8-9(13(21)23-3)4-5-10(11)16/h4-5,8H,6-7H2,1-3H3,(H,19,20)(H2,17,18,22). The number of halogens is 1. The predicted octanol–water partition coefficient (Wildman–Crippen LogP) is 2.38. The van der Waals surface area contributed by atoms with Gasteiger partial charge in [-0.15, -0.1) is 0 Å². The maximum atomic E-state index is 13.7. The van der Waals surface area contributed by atoms with Crippen molar-refractivity contribution in [2.45, 2.75) is 32.2 Å². The summed E-state index contributed by atoms with van der Waals surface area (Å²) in [6.07, 6.45) is 0.0971. The molecule has 8 heteroatoms. The third kappa shape index (κ3) is 5.93. The van der Waals surface area contributed by atoms with E-state index in [-0.39, 0.29) is 24.1 Å². The molecule has 1 aromatic rings. The Kier molecular flexibility index (Phi) is 6.06. The van der Waals surface area contributed by atoms with Gasteiger partial charge in [0, 0.05) is 12.0 Å². The number of nitrogens with one attached hydrogen (secondary N) is 2. The van der Waals surface area contributed by atoms with Crippen LogP contribution in [0.3, 0.4) is 0 Å². The fraction of sp³-hybridized carbons (Fsp3) is 0.400. The van der Waals surface area contributed by atoms with E-state index in [2.05, 4.69) is 15.4 Å². The number of urea groups is 1.